The third kappa shape index (κ3) is 3.95. The van der Waals surface area contributed by atoms with Gasteiger partial charge < -0.3 is 14.3 Å². The molecule has 3 aromatic heterocycles. The fraction of sp³-hybridized carbons (Fsp3) is 0.350. The van der Waals surface area contributed by atoms with Crippen LogP contribution in [0, 0.1) is 13.8 Å². The normalized spacial score (nSPS) is 12.0. The van der Waals surface area contributed by atoms with Crippen LogP contribution in [0.4, 0.5) is 0 Å². The molecule has 3 aromatic rings. The molecule has 0 saturated carbocycles. The molecule has 0 bridgehead atoms. The maximum absolute atomic E-state index is 13.1. The molecule has 0 unspecified atom stereocenters. The summed E-state index contributed by atoms with van der Waals surface area (Å²) in [5.41, 5.74) is 2.95. The second-order valence-electron chi connectivity index (χ2n) is 6.53. The number of pyridine rings is 1. The molecule has 29 heavy (non-hydrogen) atoms. The number of methoxy groups -OCH3 is 1. The molecule has 1 atom stereocenters. The van der Waals surface area contributed by atoms with E-state index in [1.807, 2.05) is 30.5 Å². The van der Waals surface area contributed by atoms with E-state index in [1.54, 1.807) is 26.2 Å². The van der Waals surface area contributed by atoms with Crippen molar-refractivity contribution in [3.8, 4) is 11.4 Å². The summed E-state index contributed by atoms with van der Waals surface area (Å²) >= 11 is 1.34. The average Bonchev–Trinajstić information content (AvgIpc) is 3.27. The molecule has 0 aromatic carbocycles. The van der Waals surface area contributed by atoms with E-state index in [-0.39, 0.29) is 5.78 Å². The predicted octanol–water partition coefficient (Wildman–Crippen LogP) is 3.46. The first-order valence-corrected chi connectivity index (χ1v) is 10.1. The van der Waals surface area contributed by atoms with Gasteiger partial charge in [-0.3, -0.25) is 9.78 Å². The molecule has 0 saturated heterocycles. The number of nitrogens with zero attached hydrogens (tertiary/aromatic N) is 4. The number of hydrogen-bond donors (Lipinski definition) is 1. The number of hydrogen-bond acceptors (Lipinski definition) is 7. The van der Waals surface area contributed by atoms with Crippen LogP contribution in [-0.4, -0.2) is 48.8 Å². The first-order chi connectivity index (χ1) is 13.9. The number of esters is 1. The van der Waals surface area contributed by atoms with E-state index in [1.165, 1.54) is 18.9 Å². The lowest BCUT2D eigenvalue weighted by atomic mass is 10.1. The van der Waals surface area contributed by atoms with Gasteiger partial charge in [0.1, 0.15) is 0 Å². The van der Waals surface area contributed by atoms with Crippen molar-refractivity contribution >= 4 is 23.5 Å². The number of carbonyl (C=O) groups is 2. The van der Waals surface area contributed by atoms with Gasteiger partial charge in [0, 0.05) is 30.2 Å². The minimum Gasteiger partial charge on any atom is -0.465 e. The van der Waals surface area contributed by atoms with Crippen molar-refractivity contribution in [2.45, 2.75) is 44.6 Å². The fourth-order valence-corrected chi connectivity index (χ4v) is 4.17. The van der Waals surface area contributed by atoms with Gasteiger partial charge in [-0.15, -0.1) is 10.2 Å². The average molecular weight is 414 g/mol. The smallest absolute Gasteiger partial charge is 0.339 e. The Kier molecular flexibility index (Phi) is 6.17. The van der Waals surface area contributed by atoms with Crippen LogP contribution in [0.15, 0.2) is 29.7 Å². The van der Waals surface area contributed by atoms with Crippen LogP contribution in [-0.2, 0) is 11.3 Å². The number of Topliss-reactive ketones (excluding diaryl/α,β-unsaturated/α-hetero) is 1. The number of thioether (sulfide) groups is 1. The van der Waals surface area contributed by atoms with E-state index < -0.39 is 11.2 Å². The summed E-state index contributed by atoms with van der Waals surface area (Å²) in [6.07, 6.45) is 3.41. The summed E-state index contributed by atoms with van der Waals surface area (Å²) in [5.74, 6) is 0.169. The van der Waals surface area contributed by atoms with Gasteiger partial charge in [0.25, 0.3) is 0 Å². The van der Waals surface area contributed by atoms with Crippen LogP contribution in [0.25, 0.3) is 11.4 Å². The quantitative estimate of drug-likeness (QED) is 0.359. The molecular weight excluding hydrogens is 390 g/mol. The minimum absolute atomic E-state index is 0.109. The lowest BCUT2D eigenvalue weighted by molar-refractivity contribution is 0.0599. The highest BCUT2D eigenvalue weighted by Crippen LogP contribution is 2.29. The van der Waals surface area contributed by atoms with Crippen LogP contribution >= 0.6 is 11.8 Å². The lowest BCUT2D eigenvalue weighted by Crippen LogP contribution is -2.16. The predicted molar refractivity (Wildman–Crippen MR) is 110 cm³/mol. The van der Waals surface area contributed by atoms with E-state index >= 15 is 0 Å². The van der Waals surface area contributed by atoms with E-state index in [2.05, 4.69) is 20.2 Å². The first kappa shape index (κ1) is 20.8. The summed E-state index contributed by atoms with van der Waals surface area (Å²) in [5, 5.41) is 8.82. The maximum atomic E-state index is 13.1. The number of aromatic amines is 1. The summed E-state index contributed by atoms with van der Waals surface area (Å²) in [7, 11) is 1.33. The van der Waals surface area contributed by atoms with Crippen LogP contribution in [0.3, 0.4) is 0 Å². The zero-order chi connectivity index (χ0) is 21.1. The molecule has 3 rings (SSSR count). The molecule has 0 radical (unpaired) electrons. The van der Waals surface area contributed by atoms with Crippen molar-refractivity contribution in [2.24, 2.45) is 0 Å². The van der Waals surface area contributed by atoms with Gasteiger partial charge >= 0.3 is 5.97 Å². The maximum Gasteiger partial charge on any atom is 0.339 e. The molecule has 1 N–H and O–H groups in total. The second-order valence-corrected chi connectivity index (χ2v) is 7.84. The third-order valence-electron chi connectivity index (χ3n) is 4.70. The highest BCUT2D eigenvalue weighted by molar-refractivity contribution is 8.00. The number of ether oxygens (including phenoxy) is 1. The Morgan fingerprint density at radius 2 is 1.93 bits per heavy atom. The second kappa shape index (κ2) is 8.60. The van der Waals surface area contributed by atoms with Crippen LogP contribution < -0.4 is 0 Å². The number of aryl methyl sites for hydroxylation is 1. The molecule has 9 heteroatoms. The van der Waals surface area contributed by atoms with Crippen molar-refractivity contribution < 1.29 is 14.3 Å². The SMILES string of the molecule is CCn1c(S[C@H](C)C(=O)c2[nH]c(C)c(C(=O)OC)c2C)nnc1-c1ccncc1. The monoisotopic (exact) mass is 413 g/mol. The van der Waals surface area contributed by atoms with Crippen LogP contribution in [0.5, 0.6) is 0 Å². The molecule has 152 valence electrons. The first-order valence-electron chi connectivity index (χ1n) is 9.20. The molecule has 3 heterocycles. The molecule has 0 fully saturated rings. The number of ketones is 1. The Balaban J connectivity index is 1.86. The van der Waals surface area contributed by atoms with Crippen molar-refractivity contribution in [3.05, 3.63) is 47.0 Å². The molecular formula is C20H23N5O3S. The Hall–Kier alpha value is -2.94. The van der Waals surface area contributed by atoms with Crippen molar-refractivity contribution in [3.63, 3.8) is 0 Å². The minimum atomic E-state index is -0.455. The molecule has 0 spiro atoms. The van der Waals surface area contributed by atoms with Gasteiger partial charge in [0.05, 0.1) is 23.6 Å². The molecule has 0 aliphatic rings. The van der Waals surface area contributed by atoms with E-state index in [0.717, 1.165) is 11.4 Å². The summed E-state index contributed by atoms with van der Waals surface area (Å²) in [6.45, 7) is 7.99. The summed E-state index contributed by atoms with van der Waals surface area (Å²) < 4.78 is 6.79. The standard InChI is InChI=1S/C20H23N5O3S/c1-6-25-18(14-7-9-21-10-8-14)23-24-20(25)29-13(4)17(26)16-11(2)15(12(3)22-16)19(27)28-5/h7-10,13,22H,6H2,1-5H3/t13-/m1/s1. The topological polar surface area (TPSA) is 103 Å². The Morgan fingerprint density at radius 3 is 2.55 bits per heavy atom. The Bertz CT molecular complexity index is 1040. The van der Waals surface area contributed by atoms with E-state index in [9.17, 15) is 9.59 Å². The summed E-state index contributed by atoms with van der Waals surface area (Å²) in [6, 6.07) is 3.75. The number of aromatic nitrogens is 5. The van der Waals surface area contributed by atoms with Crippen molar-refractivity contribution in [1.82, 2.24) is 24.7 Å². The number of carbonyl (C=O) groups excluding carboxylic acids is 2. The van der Waals surface area contributed by atoms with E-state index in [0.29, 0.717) is 34.2 Å². The molecule has 0 aliphatic heterocycles. The van der Waals surface area contributed by atoms with Gasteiger partial charge in [0.2, 0.25) is 0 Å². The van der Waals surface area contributed by atoms with Gasteiger partial charge in [-0.2, -0.15) is 0 Å². The van der Waals surface area contributed by atoms with Gasteiger partial charge in [0.15, 0.2) is 16.8 Å². The highest BCUT2D eigenvalue weighted by atomic mass is 32.2. The molecule has 8 nitrogen and oxygen atoms in total. The third-order valence-corrected chi connectivity index (χ3v) is 5.78. The number of rotatable bonds is 7. The number of H-pyrrole nitrogens is 1. The Labute approximate surface area is 173 Å². The van der Waals surface area contributed by atoms with E-state index in [4.69, 9.17) is 4.74 Å². The van der Waals surface area contributed by atoms with Crippen molar-refractivity contribution in [2.75, 3.05) is 7.11 Å². The van der Waals surface area contributed by atoms with Crippen LogP contribution in [0.2, 0.25) is 0 Å². The van der Waals surface area contributed by atoms with Gasteiger partial charge in [-0.05, 0) is 45.4 Å². The zero-order valence-corrected chi connectivity index (χ0v) is 17.8. The lowest BCUT2D eigenvalue weighted by Gasteiger charge is -2.11. The van der Waals surface area contributed by atoms with Gasteiger partial charge in [-0.25, -0.2) is 4.79 Å². The highest BCUT2D eigenvalue weighted by Gasteiger charge is 2.27. The fourth-order valence-electron chi connectivity index (χ4n) is 3.20. The van der Waals surface area contributed by atoms with Crippen molar-refractivity contribution in [1.29, 1.82) is 0 Å². The zero-order valence-electron chi connectivity index (χ0n) is 17.0. The molecule has 0 amide bonds. The van der Waals surface area contributed by atoms with Crippen LogP contribution in [0.1, 0.15) is 46.0 Å². The number of nitrogens with one attached hydrogen (secondary N) is 1. The Morgan fingerprint density at radius 1 is 1.24 bits per heavy atom. The van der Waals surface area contributed by atoms with Gasteiger partial charge in [-0.1, -0.05) is 11.8 Å². The largest absolute Gasteiger partial charge is 0.465 e. The summed E-state index contributed by atoms with van der Waals surface area (Å²) in [4.78, 5) is 32.1. The molecule has 0 aliphatic carbocycles.